The van der Waals surface area contributed by atoms with Gasteiger partial charge in [-0.15, -0.1) is 11.8 Å². The molecule has 1 atom stereocenters. The summed E-state index contributed by atoms with van der Waals surface area (Å²) < 4.78 is 35.3. The van der Waals surface area contributed by atoms with E-state index in [1.807, 2.05) is 44.4 Å². The second-order valence-electron chi connectivity index (χ2n) is 10.8. The zero-order chi connectivity index (χ0) is 31.0. The Hall–Kier alpha value is -3.50. The molecule has 3 aromatic carbocycles. The average molecular weight is 624 g/mol. The molecule has 230 valence electrons. The van der Waals surface area contributed by atoms with Crippen molar-refractivity contribution in [2.45, 2.75) is 74.9 Å². The zero-order valence-electron chi connectivity index (χ0n) is 25.3. The Bertz CT molecular complexity index is 1500. The number of amides is 2. The molecule has 0 aromatic heterocycles. The van der Waals surface area contributed by atoms with Crippen LogP contribution in [0.25, 0.3) is 0 Å². The number of aryl methyl sites for hydroxylation is 1. The Morgan fingerprint density at radius 3 is 2.37 bits per heavy atom. The van der Waals surface area contributed by atoms with Crippen LogP contribution in [0.4, 0.5) is 5.69 Å². The van der Waals surface area contributed by atoms with E-state index in [2.05, 4.69) is 5.32 Å². The lowest BCUT2D eigenvalue weighted by molar-refractivity contribution is -0.139. The molecule has 10 heteroatoms. The maximum absolute atomic E-state index is 14.2. The van der Waals surface area contributed by atoms with Crippen LogP contribution in [0.5, 0.6) is 5.75 Å². The lowest BCUT2D eigenvalue weighted by Crippen LogP contribution is -2.52. The van der Waals surface area contributed by atoms with Crippen molar-refractivity contribution in [3.63, 3.8) is 0 Å². The van der Waals surface area contributed by atoms with Gasteiger partial charge in [0.15, 0.2) is 0 Å². The highest BCUT2D eigenvalue weighted by atomic mass is 32.2. The standard InChI is InChI=1S/C33H41N3O5S2/c1-5-41-31-16-9-8-15-30(31)36(43(39,40)29-19-17-28(42-4)18-20-29)23-32(37)35(22-26-12-10-11-24(2)21-26)25(3)33(38)34-27-13-6-7-14-27/h8-12,15-21,25,27H,5-7,13-14,22-23H2,1-4H3,(H,34,38)/t25-/m0/s1. The van der Waals surface area contributed by atoms with Crippen molar-refractivity contribution in [1.82, 2.24) is 10.2 Å². The fraction of sp³-hybridized carbons (Fsp3) is 0.394. The van der Waals surface area contributed by atoms with Crippen LogP contribution >= 0.6 is 11.8 Å². The highest BCUT2D eigenvalue weighted by molar-refractivity contribution is 7.98. The number of ether oxygens (including phenoxy) is 1. The molecule has 1 N–H and O–H groups in total. The van der Waals surface area contributed by atoms with Gasteiger partial charge in [0, 0.05) is 17.5 Å². The first-order valence-electron chi connectivity index (χ1n) is 14.7. The number of nitrogens with one attached hydrogen (secondary N) is 1. The van der Waals surface area contributed by atoms with E-state index in [0.29, 0.717) is 12.4 Å². The largest absolute Gasteiger partial charge is 0.492 e. The van der Waals surface area contributed by atoms with E-state index in [-0.39, 0.29) is 29.1 Å². The third-order valence-electron chi connectivity index (χ3n) is 7.66. The van der Waals surface area contributed by atoms with Gasteiger partial charge in [-0.25, -0.2) is 8.42 Å². The Kier molecular flexibility index (Phi) is 11.2. The molecule has 0 unspecified atom stereocenters. The fourth-order valence-corrected chi connectivity index (χ4v) is 7.14. The Labute approximate surface area is 259 Å². The quantitative estimate of drug-likeness (QED) is 0.242. The Morgan fingerprint density at radius 1 is 1.02 bits per heavy atom. The normalized spacial score (nSPS) is 14.2. The summed E-state index contributed by atoms with van der Waals surface area (Å²) in [6.45, 7) is 5.45. The number of sulfonamides is 1. The van der Waals surface area contributed by atoms with Crippen LogP contribution in [0.3, 0.4) is 0 Å². The van der Waals surface area contributed by atoms with Crippen LogP contribution in [0, 0.1) is 6.92 Å². The summed E-state index contributed by atoms with van der Waals surface area (Å²) in [4.78, 5) is 30.1. The highest BCUT2D eigenvalue weighted by Crippen LogP contribution is 2.33. The zero-order valence-corrected chi connectivity index (χ0v) is 26.9. The number of para-hydroxylation sites is 2. The van der Waals surface area contributed by atoms with Crippen LogP contribution in [0.15, 0.2) is 82.6 Å². The predicted octanol–water partition coefficient (Wildman–Crippen LogP) is 5.79. The first-order chi connectivity index (χ1) is 20.6. The molecule has 0 bridgehead atoms. The molecule has 2 amide bonds. The Balaban J connectivity index is 1.73. The van der Waals surface area contributed by atoms with Crippen LogP contribution in [0.1, 0.15) is 50.7 Å². The van der Waals surface area contributed by atoms with E-state index in [1.54, 1.807) is 55.5 Å². The predicted molar refractivity (Wildman–Crippen MR) is 172 cm³/mol. The number of thioether (sulfide) groups is 1. The Morgan fingerprint density at radius 2 is 1.72 bits per heavy atom. The molecular formula is C33H41N3O5S2. The summed E-state index contributed by atoms with van der Waals surface area (Å²) in [6, 6.07) is 20.4. The fourth-order valence-electron chi connectivity index (χ4n) is 5.31. The number of benzene rings is 3. The number of rotatable bonds is 13. The third kappa shape index (κ3) is 8.12. The molecule has 1 aliphatic rings. The molecule has 1 aliphatic carbocycles. The number of hydrogen-bond donors (Lipinski definition) is 1. The van der Waals surface area contributed by atoms with E-state index in [1.165, 1.54) is 16.7 Å². The van der Waals surface area contributed by atoms with Gasteiger partial charge >= 0.3 is 0 Å². The highest BCUT2D eigenvalue weighted by Gasteiger charge is 2.34. The van der Waals surface area contributed by atoms with E-state index in [4.69, 9.17) is 4.74 Å². The van der Waals surface area contributed by atoms with Crippen LogP contribution in [-0.4, -0.2) is 56.6 Å². The number of hydrogen-bond acceptors (Lipinski definition) is 6. The minimum Gasteiger partial charge on any atom is -0.492 e. The first-order valence-corrected chi connectivity index (χ1v) is 17.3. The van der Waals surface area contributed by atoms with Crippen molar-refractivity contribution in [2.75, 3.05) is 23.7 Å². The maximum atomic E-state index is 14.2. The molecule has 43 heavy (non-hydrogen) atoms. The number of anilines is 1. The van der Waals surface area contributed by atoms with Gasteiger partial charge < -0.3 is 15.0 Å². The van der Waals surface area contributed by atoms with Gasteiger partial charge in [0.05, 0.1) is 17.2 Å². The molecular weight excluding hydrogens is 583 g/mol. The van der Waals surface area contributed by atoms with Crippen molar-refractivity contribution in [3.05, 3.63) is 83.9 Å². The number of nitrogens with zero attached hydrogens (tertiary/aromatic N) is 2. The van der Waals surface area contributed by atoms with Gasteiger partial charge in [-0.2, -0.15) is 0 Å². The minimum atomic E-state index is -4.20. The molecule has 0 heterocycles. The lowest BCUT2D eigenvalue weighted by atomic mass is 10.1. The number of carbonyl (C=O) groups is 2. The van der Waals surface area contributed by atoms with Crippen molar-refractivity contribution in [1.29, 1.82) is 0 Å². The molecule has 0 saturated heterocycles. The topological polar surface area (TPSA) is 96.0 Å². The van der Waals surface area contributed by atoms with E-state index >= 15 is 0 Å². The van der Waals surface area contributed by atoms with Gasteiger partial charge in [-0.1, -0.05) is 54.8 Å². The minimum absolute atomic E-state index is 0.0571. The summed E-state index contributed by atoms with van der Waals surface area (Å²) in [7, 11) is -4.20. The third-order valence-corrected chi connectivity index (χ3v) is 10.2. The van der Waals surface area contributed by atoms with Crippen molar-refractivity contribution >= 4 is 39.3 Å². The summed E-state index contributed by atoms with van der Waals surface area (Å²) in [6.07, 6.45) is 5.88. The van der Waals surface area contributed by atoms with Crippen LogP contribution in [-0.2, 0) is 26.2 Å². The summed E-state index contributed by atoms with van der Waals surface area (Å²) >= 11 is 1.51. The second-order valence-corrected chi connectivity index (χ2v) is 13.5. The molecule has 1 saturated carbocycles. The van der Waals surface area contributed by atoms with Gasteiger partial charge in [0.2, 0.25) is 11.8 Å². The van der Waals surface area contributed by atoms with Gasteiger partial charge in [-0.3, -0.25) is 13.9 Å². The van der Waals surface area contributed by atoms with Gasteiger partial charge in [0.1, 0.15) is 18.3 Å². The molecule has 0 spiro atoms. The molecule has 8 nitrogen and oxygen atoms in total. The van der Waals surface area contributed by atoms with E-state index < -0.39 is 28.5 Å². The summed E-state index contributed by atoms with van der Waals surface area (Å²) in [5, 5.41) is 3.10. The molecule has 0 radical (unpaired) electrons. The average Bonchev–Trinajstić information content (AvgIpc) is 3.52. The molecule has 3 aromatic rings. The summed E-state index contributed by atoms with van der Waals surface area (Å²) in [5.74, 6) is -0.393. The summed E-state index contributed by atoms with van der Waals surface area (Å²) in [5.41, 5.74) is 2.13. The van der Waals surface area contributed by atoms with Crippen LogP contribution < -0.4 is 14.4 Å². The van der Waals surface area contributed by atoms with Crippen LogP contribution in [0.2, 0.25) is 0 Å². The maximum Gasteiger partial charge on any atom is 0.264 e. The van der Waals surface area contributed by atoms with Crippen molar-refractivity contribution in [2.24, 2.45) is 0 Å². The van der Waals surface area contributed by atoms with E-state index in [9.17, 15) is 18.0 Å². The van der Waals surface area contributed by atoms with Crippen molar-refractivity contribution < 1.29 is 22.7 Å². The molecule has 4 rings (SSSR count). The molecule has 0 aliphatic heterocycles. The van der Waals surface area contributed by atoms with Crippen molar-refractivity contribution in [3.8, 4) is 5.75 Å². The lowest BCUT2D eigenvalue weighted by Gasteiger charge is -2.33. The molecule has 1 fully saturated rings. The first kappa shape index (κ1) is 32.4. The van der Waals surface area contributed by atoms with E-state index in [0.717, 1.165) is 46.0 Å². The SMILES string of the molecule is CCOc1ccccc1N(CC(=O)N(Cc1cccc(C)c1)[C@@H](C)C(=O)NC1CCCC1)S(=O)(=O)c1ccc(SC)cc1. The monoisotopic (exact) mass is 623 g/mol. The van der Waals surface area contributed by atoms with Gasteiger partial charge in [0.25, 0.3) is 10.0 Å². The smallest absolute Gasteiger partial charge is 0.264 e. The second kappa shape index (κ2) is 14.8. The number of carbonyl (C=O) groups excluding carboxylic acids is 2. The van der Waals surface area contributed by atoms with Gasteiger partial charge in [-0.05, 0) is 81.8 Å².